The average molecular weight is 351 g/mol. The van der Waals surface area contributed by atoms with Crippen molar-refractivity contribution in [2.45, 2.75) is 67.2 Å². The fourth-order valence-electron chi connectivity index (χ4n) is 6.08. The maximum absolute atomic E-state index is 12.1. The van der Waals surface area contributed by atoms with Gasteiger partial charge < -0.3 is 14.8 Å². The minimum atomic E-state index is 0.110. The Hall–Kier alpha value is -0.120. The van der Waals surface area contributed by atoms with Gasteiger partial charge in [0.15, 0.2) is 0 Å². The normalized spacial score (nSPS) is 43.6. The Morgan fingerprint density at radius 1 is 0.760 bits per heavy atom. The molecule has 6 fully saturated rings. The van der Waals surface area contributed by atoms with Gasteiger partial charge in [0, 0.05) is 25.3 Å². The molecule has 6 aliphatic rings. The van der Waals surface area contributed by atoms with E-state index in [0.29, 0.717) is 16.7 Å². The highest BCUT2D eigenvalue weighted by Crippen LogP contribution is 2.45. The molecule has 3 heteroatoms. The van der Waals surface area contributed by atoms with Crippen LogP contribution in [-0.2, 0) is 0 Å². The number of piperidine rings is 6. The second-order valence-corrected chi connectivity index (χ2v) is 11.6. The highest BCUT2D eigenvalue weighted by atomic mass is 16.5. The third-order valence-electron chi connectivity index (χ3n) is 7.79. The number of quaternary nitrogens is 1. The molecule has 3 nitrogen and oxygen atoms in total. The quantitative estimate of drug-likeness (QED) is 0.465. The van der Waals surface area contributed by atoms with Gasteiger partial charge in [-0.1, -0.05) is 41.5 Å². The van der Waals surface area contributed by atoms with Crippen molar-refractivity contribution in [1.82, 2.24) is 4.90 Å². The van der Waals surface area contributed by atoms with Crippen LogP contribution in [0.2, 0.25) is 0 Å². The van der Waals surface area contributed by atoms with Crippen molar-refractivity contribution in [3.8, 4) is 0 Å². The van der Waals surface area contributed by atoms with Crippen LogP contribution >= 0.6 is 0 Å². The molecule has 0 amide bonds. The van der Waals surface area contributed by atoms with Crippen molar-refractivity contribution in [2.24, 2.45) is 34.5 Å². The molecule has 2 unspecified atom stereocenters. The monoisotopic (exact) mass is 350 g/mol. The van der Waals surface area contributed by atoms with E-state index in [4.69, 9.17) is 0 Å². The first-order valence-electron chi connectivity index (χ1n) is 10.8. The molecule has 0 saturated carbocycles. The van der Waals surface area contributed by atoms with Crippen molar-refractivity contribution in [3.05, 3.63) is 5.21 Å². The first kappa shape index (κ1) is 19.6. The van der Waals surface area contributed by atoms with Crippen LogP contribution in [0.25, 0.3) is 0 Å². The molecule has 0 aliphatic carbocycles. The lowest BCUT2D eigenvalue weighted by Crippen LogP contribution is -2.60. The smallest absolute Gasteiger partial charge is 0.0820 e. The van der Waals surface area contributed by atoms with Crippen LogP contribution < -0.4 is 0 Å². The fourth-order valence-corrected chi connectivity index (χ4v) is 6.08. The second kappa shape index (κ2) is 6.80. The van der Waals surface area contributed by atoms with Crippen molar-refractivity contribution < 1.29 is 4.65 Å². The topological polar surface area (TPSA) is 26.3 Å². The Bertz CT molecular complexity index is 446. The first-order chi connectivity index (χ1) is 11.5. The predicted octanol–water partition coefficient (Wildman–Crippen LogP) is 4.76. The minimum absolute atomic E-state index is 0.110. The maximum atomic E-state index is 12.1. The lowest BCUT2D eigenvalue weighted by molar-refractivity contribution is -0.902. The molecule has 2 atom stereocenters. The van der Waals surface area contributed by atoms with E-state index in [1.165, 1.54) is 45.3 Å². The summed E-state index contributed by atoms with van der Waals surface area (Å²) in [4.78, 5) is 2.65. The van der Waals surface area contributed by atoms with Crippen LogP contribution in [0, 0.1) is 39.7 Å². The van der Waals surface area contributed by atoms with Crippen molar-refractivity contribution in [3.63, 3.8) is 0 Å². The van der Waals surface area contributed by atoms with E-state index in [0.717, 1.165) is 37.4 Å². The molecule has 6 aliphatic heterocycles. The SMILES string of the molecule is CC(C)(C)C1CN2CCC1CC2.CC(C)(C)C1C[N+]2([O-])CCC1CC2. The molecule has 6 saturated heterocycles. The summed E-state index contributed by atoms with van der Waals surface area (Å²) in [6.45, 7) is 20.8. The largest absolute Gasteiger partial charge is 0.633 e. The number of rotatable bonds is 0. The average Bonchev–Trinajstić information content (AvgIpc) is 2.55. The van der Waals surface area contributed by atoms with Crippen molar-refractivity contribution in [1.29, 1.82) is 0 Å². The Morgan fingerprint density at radius 3 is 1.52 bits per heavy atom. The highest BCUT2D eigenvalue weighted by molar-refractivity contribution is 4.91. The number of fused-ring (bicyclic) bond motifs is 6. The molecule has 6 heterocycles. The van der Waals surface area contributed by atoms with Crippen molar-refractivity contribution in [2.75, 3.05) is 39.3 Å². The molecule has 25 heavy (non-hydrogen) atoms. The Balaban J connectivity index is 0.000000146. The highest BCUT2D eigenvalue weighted by Gasteiger charge is 2.45. The number of nitrogens with zero attached hydrogens (tertiary/aromatic N) is 2. The van der Waals surface area contributed by atoms with Gasteiger partial charge in [0.1, 0.15) is 0 Å². The van der Waals surface area contributed by atoms with Gasteiger partial charge in [-0.3, -0.25) is 0 Å². The van der Waals surface area contributed by atoms with Gasteiger partial charge in [-0.15, -0.1) is 0 Å². The molecule has 0 radical (unpaired) electrons. The van der Waals surface area contributed by atoms with Gasteiger partial charge in [0.25, 0.3) is 0 Å². The van der Waals surface area contributed by atoms with E-state index in [9.17, 15) is 5.21 Å². The standard InChI is InChI=1S/C11H21NO.C11H21N/c1-11(2,3)10-8-12(13)6-4-9(10)5-7-12;1-11(2,3)10-8-12-6-4-9(10)5-7-12/h9-10H,4-8H2,1-3H3;9-10H,4-8H2,1-3H3. The van der Waals surface area contributed by atoms with Gasteiger partial charge in [-0.2, -0.15) is 0 Å². The lowest BCUT2D eigenvalue weighted by Gasteiger charge is -2.58. The Labute approximate surface area is 156 Å². The molecular formula is C22H42N2O. The molecule has 146 valence electrons. The zero-order valence-corrected chi connectivity index (χ0v) is 17.7. The van der Waals surface area contributed by atoms with E-state index in [1.54, 1.807) is 0 Å². The van der Waals surface area contributed by atoms with Gasteiger partial charge in [0.05, 0.1) is 19.6 Å². The minimum Gasteiger partial charge on any atom is -0.633 e. The molecule has 0 aromatic heterocycles. The summed E-state index contributed by atoms with van der Waals surface area (Å²) in [5.41, 5.74) is 0.864. The molecule has 0 spiro atoms. The van der Waals surface area contributed by atoms with E-state index in [1.807, 2.05) is 0 Å². The van der Waals surface area contributed by atoms with E-state index in [-0.39, 0.29) is 4.65 Å². The predicted molar refractivity (Wildman–Crippen MR) is 106 cm³/mol. The third kappa shape index (κ3) is 4.42. The summed E-state index contributed by atoms with van der Waals surface area (Å²) in [6, 6.07) is 0. The van der Waals surface area contributed by atoms with Gasteiger partial charge in [0.2, 0.25) is 0 Å². The summed E-state index contributed by atoms with van der Waals surface area (Å²) in [5, 5.41) is 12.1. The van der Waals surface area contributed by atoms with Crippen LogP contribution in [0.5, 0.6) is 0 Å². The number of hydrogen-bond acceptors (Lipinski definition) is 2. The molecule has 6 rings (SSSR count). The Morgan fingerprint density at radius 2 is 1.24 bits per heavy atom. The van der Waals surface area contributed by atoms with Gasteiger partial charge in [-0.25, -0.2) is 0 Å². The summed E-state index contributed by atoms with van der Waals surface area (Å²) < 4.78 is 0.110. The summed E-state index contributed by atoms with van der Waals surface area (Å²) in [7, 11) is 0. The van der Waals surface area contributed by atoms with Gasteiger partial charge >= 0.3 is 0 Å². The van der Waals surface area contributed by atoms with Crippen molar-refractivity contribution >= 4 is 0 Å². The lowest BCUT2D eigenvalue weighted by atomic mass is 9.66. The zero-order valence-electron chi connectivity index (χ0n) is 17.7. The number of hydrogen-bond donors (Lipinski definition) is 0. The van der Waals surface area contributed by atoms with E-state index in [2.05, 4.69) is 46.4 Å². The third-order valence-corrected chi connectivity index (χ3v) is 7.79. The summed E-state index contributed by atoms with van der Waals surface area (Å²) >= 11 is 0. The van der Waals surface area contributed by atoms with Crippen LogP contribution in [0.3, 0.4) is 0 Å². The van der Waals surface area contributed by atoms with E-state index < -0.39 is 0 Å². The van der Waals surface area contributed by atoms with Crippen LogP contribution in [0.1, 0.15) is 67.2 Å². The summed E-state index contributed by atoms with van der Waals surface area (Å²) in [6.07, 6.45) is 5.26. The van der Waals surface area contributed by atoms with Crippen LogP contribution in [-0.4, -0.2) is 48.8 Å². The number of hydroxylamine groups is 3. The Kier molecular flexibility index (Phi) is 5.34. The zero-order chi connectivity index (χ0) is 18.5. The maximum Gasteiger partial charge on any atom is 0.0820 e. The molecular weight excluding hydrogens is 308 g/mol. The molecule has 0 N–H and O–H groups in total. The first-order valence-corrected chi connectivity index (χ1v) is 10.8. The second-order valence-electron chi connectivity index (χ2n) is 11.6. The van der Waals surface area contributed by atoms with Crippen LogP contribution in [0.4, 0.5) is 0 Å². The molecule has 0 aromatic rings. The van der Waals surface area contributed by atoms with E-state index >= 15 is 0 Å². The molecule has 4 bridgehead atoms. The molecule has 0 aromatic carbocycles. The van der Waals surface area contributed by atoms with Crippen LogP contribution in [0.15, 0.2) is 0 Å². The fraction of sp³-hybridized carbons (Fsp3) is 1.00. The summed E-state index contributed by atoms with van der Waals surface area (Å²) in [5.74, 6) is 3.50. The van der Waals surface area contributed by atoms with Gasteiger partial charge in [-0.05, 0) is 54.5 Å².